The lowest BCUT2D eigenvalue weighted by Gasteiger charge is -2.24. The van der Waals surface area contributed by atoms with Crippen LogP contribution in [0.2, 0.25) is 0 Å². The quantitative estimate of drug-likeness (QED) is 0.157. The monoisotopic (exact) mass is 1050 g/mol. The van der Waals surface area contributed by atoms with Gasteiger partial charge in [-0.3, -0.25) is 0 Å². The van der Waals surface area contributed by atoms with E-state index in [9.17, 15) is 5.26 Å². The lowest BCUT2D eigenvalue weighted by molar-refractivity contribution is -0.137. The molecule has 12 rings (SSSR count). The van der Waals surface area contributed by atoms with Crippen molar-refractivity contribution in [3.05, 3.63) is 236 Å². The Morgan fingerprint density at radius 3 is 0.988 bits per heavy atom. The predicted molar refractivity (Wildman–Crippen MR) is 329 cm³/mol. The second kappa shape index (κ2) is 19.2. The molecule has 2 heterocycles. The summed E-state index contributed by atoms with van der Waals surface area (Å²) in [4.78, 5) is 0. The zero-order valence-electron chi connectivity index (χ0n) is 47.5. The van der Waals surface area contributed by atoms with Crippen LogP contribution in [0.4, 0.5) is 13.2 Å². The van der Waals surface area contributed by atoms with Gasteiger partial charge in [0.1, 0.15) is 5.56 Å². The van der Waals surface area contributed by atoms with E-state index in [1.165, 1.54) is 22.3 Å². The van der Waals surface area contributed by atoms with E-state index >= 15 is 13.2 Å². The van der Waals surface area contributed by atoms with E-state index < -0.39 is 11.7 Å². The number of rotatable bonds is 7. The summed E-state index contributed by atoms with van der Waals surface area (Å²) >= 11 is 0. The fourth-order valence-electron chi connectivity index (χ4n) is 14.0. The number of nitrogens with zero attached hydrogens (tertiary/aromatic N) is 3. The molecule has 394 valence electrons. The van der Waals surface area contributed by atoms with Crippen molar-refractivity contribution in [3.63, 3.8) is 0 Å². The number of hydrogen-bond donors (Lipinski definition) is 0. The zero-order valence-corrected chi connectivity index (χ0v) is 47.5. The number of nitriles is 1. The van der Waals surface area contributed by atoms with E-state index in [2.05, 4.69) is 186 Å². The van der Waals surface area contributed by atoms with Crippen molar-refractivity contribution < 1.29 is 13.2 Å². The lowest BCUT2D eigenvalue weighted by Crippen LogP contribution is -2.17. The van der Waals surface area contributed by atoms with Gasteiger partial charge in [0.05, 0.1) is 45.1 Å². The molecule has 0 saturated carbocycles. The molecule has 0 amide bonds. The van der Waals surface area contributed by atoms with Gasteiger partial charge in [-0.05, 0) is 244 Å². The fourth-order valence-corrected chi connectivity index (χ4v) is 14.0. The highest BCUT2D eigenvalue weighted by atomic mass is 19.4. The number of aromatic nitrogens is 2. The smallest absolute Gasteiger partial charge is 0.309 e. The Morgan fingerprint density at radius 1 is 0.350 bits per heavy atom. The summed E-state index contributed by atoms with van der Waals surface area (Å²) in [5.41, 5.74) is 25.1. The van der Waals surface area contributed by atoms with Gasteiger partial charge >= 0.3 is 6.18 Å². The number of hydrogen-bond acceptors (Lipinski definition) is 1. The van der Waals surface area contributed by atoms with Crippen LogP contribution in [0.25, 0.3) is 111 Å². The molecule has 6 heteroatoms. The van der Waals surface area contributed by atoms with Crippen molar-refractivity contribution in [2.24, 2.45) is 0 Å². The molecule has 0 N–H and O–H groups in total. The maximum absolute atomic E-state index is 17.5. The third-order valence-electron chi connectivity index (χ3n) is 16.6. The normalized spacial score (nSPS) is 11.9. The first-order valence-electron chi connectivity index (χ1n) is 27.4. The van der Waals surface area contributed by atoms with Gasteiger partial charge in [0.2, 0.25) is 0 Å². The second-order valence-electron chi connectivity index (χ2n) is 22.7. The maximum atomic E-state index is 17.5. The van der Waals surface area contributed by atoms with E-state index in [4.69, 9.17) is 0 Å². The van der Waals surface area contributed by atoms with Crippen LogP contribution in [-0.2, 0) is 6.18 Å². The topological polar surface area (TPSA) is 33.6 Å². The van der Waals surface area contributed by atoms with Crippen molar-refractivity contribution in [2.75, 3.05) is 0 Å². The molecule has 0 unspecified atom stereocenters. The average molecular weight is 1050 g/mol. The number of aryl methyl sites for hydroxylation is 12. The van der Waals surface area contributed by atoms with Crippen molar-refractivity contribution >= 4 is 43.6 Å². The molecule has 3 nitrogen and oxygen atoms in total. The molecule has 0 saturated heterocycles. The van der Waals surface area contributed by atoms with E-state index in [-0.39, 0.29) is 11.4 Å². The zero-order chi connectivity index (χ0) is 56.4. The van der Waals surface area contributed by atoms with Gasteiger partial charge in [-0.2, -0.15) is 18.4 Å². The summed E-state index contributed by atoms with van der Waals surface area (Å²) in [6.07, 6.45) is -4.91. The summed E-state index contributed by atoms with van der Waals surface area (Å²) in [5.74, 6) is 0. The Kier molecular flexibility index (Phi) is 12.4. The lowest BCUT2D eigenvalue weighted by atomic mass is 9.91. The summed E-state index contributed by atoms with van der Waals surface area (Å²) in [7, 11) is 0. The van der Waals surface area contributed by atoms with Gasteiger partial charge in [0, 0.05) is 27.1 Å². The molecular weight excluding hydrogens is 988 g/mol. The number of halogens is 3. The Balaban J connectivity index is 1.23. The van der Waals surface area contributed by atoms with Crippen molar-refractivity contribution in [3.8, 4) is 73.1 Å². The highest BCUT2D eigenvalue weighted by Gasteiger charge is 2.41. The van der Waals surface area contributed by atoms with Gasteiger partial charge in [-0.25, -0.2) is 0 Å². The third-order valence-corrected chi connectivity index (χ3v) is 16.6. The Hall–Kier alpha value is -8.92. The van der Waals surface area contributed by atoms with Crippen molar-refractivity contribution in [2.45, 2.75) is 89.3 Å². The fraction of sp³-hybridized carbons (Fsp3) is 0.176. The van der Waals surface area contributed by atoms with E-state index in [0.717, 1.165) is 111 Å². The van der Waals surface area contributed by atoms with Crippen LogP contribution in [0.1, 0.15) is 77.9 Å². The largest absolute Gasteiger partial charge is 0.420 e. The first kappa shape index (κ1) is 51.8. The molecule has 10 aromatic carbocycles. The molecule has 0 spiro atoms. The van der Waals surface area contributed by atoms with E-state index in [0.29, 0.717) is 38.8 Å². The van der Waals surface area contributed by atoms with Gasteiger partial charge in [-0.1, -0.05) is 113 Å². The standard InChI is InChI=1S/C74H62F3N3/c1-40-26-44(5)68(45(6)27-40)54-16-21-63-59(35-54)60-36-55(69-46(7)28-41(2)29-47(69)8)17-22-64(60)79(63)67-25-20-58(53-15-13-14-52(34-53)39-78)73(72(67)74(75,76)77)80-65-23-18-56(70-48(9)30-42(3)31-49(70)10)37-61(65)62-38-57(19-24-66(62)80)71-50(11)32-43(4)33-51(71)12/h13-38H,1-12H3. The molecular formula is C74H62F3N3. The minimum Gasteiger partial charge on any atom is -0.309 e. The predicted octanol–water partition coefficient (Wildman–Crippen LogP) is 20.8. The summed E-state index contributed by atoms with van der Waals surface area (Å²) in [5, 5.41) is 13.6. The number of benzene rings is 10. The van der Waals surface area contributed by atoms with Gasteiger partial charge in [0.15, 0.2) is 0 Å². The van der Waals surface area contributed by atoms with Crippen LogP contribution >= 0.6 is 0 Å². The highest BCUT2D eigenvalue weighted by Crippen LogP contribution is 2.50. The molecule has 2 aromatic heterocycles. The molecule has 0 atom stereocenters. The molecule has 0 bridgehead atoms. The highest BCUT2D eigenvalue weighted by molar-refractivity contribution is 6.14. The molecule has 0 aliphatic heterocycles. The first-order valence-corrected chi connectivity index (χ1v) is 27.4. The van der Waals surface area contributed by atoms with E-state index in [1.807, 2.05) is 45.5 Å². The molecule has 80 heavy (non-hydrogen) atoms. The van der Waals surface area contributed by atoms with Crippen molar-refractivity contribution in [1.82, 2.24) is 9.13 Å². The minimum atomic E-state index is -4.91. The Labute approximate surface area is 466 Å². The number of alkyl halides is 3. The molecule has 0 radical (unpaired) electrons. The van der Waals surface area contributed by atoms with Crippen molar-refractivity contribution in [1.29, 1.82) is 5.26 Å². The molecule has 0 aliphatic rings. The summed E-state index contributed by atoms with van der Waals surface area (Å²) in [6.45, 7) is 25.4. The van der Waals surface area contributed by atoms with Gasteiger partial charge < -0.3 is 9.13 Å². The molecule has 0 fully saturated rings. The van der Waals surface area contributed by atoms with Crippen LogP contribution < -0.4 is 0 Å². The minimum absolute atomic E-state index is 0.00127. The second-order valence-corrected chi connectivity index (χ2v) is 22.7. The van der Waals surface area contributed by atoms with Crippen LogP contribution in [0.3, 0.4) is 0 Å². The third kappa shape index (κ3) is 8.50. The summed E-state index contributed by atoms with van der Waals surface area (Å²) in [6, 6.07) is 55.1. The van der Waals surface area contributed by atoms with Crippen LogP contribution in [0, 0.1) is 94.4 Å². The van der Waals surface area contributed by atoms with Crippen LogP contribution in [-0.4, -0.2) is 9.13 Å². The Bertz CT molecular complexity index is 4340. The average Bonchev–Trinajstić information content (AvgIpc) is 2.75. The molecule has 12 aromatic rings. The maximum Gasteiger partial charge on any atom is 0.420 e. The number of fused-ring (bicyclic) bond motifs is 6. The van der Waals surface area contributed by atoms with Crippen LogP contribution in [0.5, 0.6) is 0 Å². The first-order chi connectivity index (χ1) is 38.2. The van der Waals surface area contributed by atoms with Gasteiger partial charge in [0.25, 0.3) is 0 Å². The van der Waals surface area contributed by atoms with E-state index in [1.54, 1.807) is 24.3 Å². The summed E-state index contributed by atoms with van der Waals surface area (Å²) < 4.78 is 56.1. The van der Waals surface area contributed by atoms with Gasteiger partial charge in [-0.15, -0.1) is 0 Å². The Morgan fingerprint density at radius 2 is 0.675 bits per heavy atom. The SMILES string of the molecule is Cc1cc(C)c(-c2ccc3c(c2)c2cc(-c4c(C)cc(C)cc4C)ccc2n3-c2ccc(-c3cccc(C#N)c3)c(-n3c4ccc(-c5c(C)cc(C)cc5C)cc4c4cc(-c5c(C)cc(C)cc5C)ccc43)c2C(F)(F)F)c(C)c1. The van der Waals surface area contributed by atoms with Crippen LogP contribution in [0.15, 0.2) is 158 Å². The molecule has 0 aliphatic carbocycles.